The Kier molecular flexibility index (Phi) is 5.09. The van der Waals surface area contributed by atoms with Crippen LogP contribution in [0, 0.1) is 10.1 Å². The highest BCUT2D eigenvalue weighted by Gasteiger charge is 2.12. The van der Waals surface area contributed by atoms with Crippen LogP contribution in [0.4, 0.5) is 5.69 Å². The maximum atomic E-state index is 11.8. The summed E-state index contributed by atoms with van der Waals surface area (Å²) in [5.41, 5.74) is 0.407. The minimum Gasteiger partial charge on any atom is -0.348 e. The quantitative estimate of drug-likeness (QED) is 0.516. The van der Waals surface area contributed by atoms with Crippen molar-refractivity contribution < 1.29 is 9.72 Å². The lowest BCUT2D eigenvalue weighted by molar-refractivity contribution is -0.384. The highest BCUT2D eigenvalue weighted by atomic mass is 79.9. The number of nitrogens with zero attached hydrogens (tertiary/aromatic N) is 1. The number of halogens is 1. The summed E-state index contributed by atoms with van der Waals surface area (Å²) in [6, 6.07) is 5.62. The minimum atomic E-state index is -0.491. The first kappa shape index (κ1) is 13.6. The summed E-state index contributed by atoms with van der Waals surface area (Å²) in [4.78, 5) is 21.7. The van der Waals surface area contributed by atoms with Crippen LogP contribution in [0.1, 0.15) is 23.7 Å². The van der Waals surface area contributed by atoms with E-state index in [0.717, 1.165) is 6.42 Å². The second kappa shape index (κ2) is 6.34. The van der Waals surface area contributed by atoms with E-state index >= 15 is 0 Å². The molecule has 0 aliphatic carbocycles. The number of nitro groups is 1. The summed E-state index contributed by atoms with van der Waals surface area (Å²) in [5, 5.41) is 14.0. The number of hydrogen-bond donors (Lipinski definition) is 1. The van der Waals surface area contributed by atoms with Crippen LogP contribution in [0.15, 0.2) is 24.3 Å². The number of alkyl halides is 1. The predicted molar refractivity (Wildman–Crippen MR) is 68.4 cm³/mol. The van der Waals surface area contributed by atoms with Crippen LogP contribution in [0.5, 0.6) is 0 Å². The van der Waals surface area contributed by atoms with Crippen molar-refractivity contribution in [3.63, 3.8) is 0 Å². The van der Waals surface area contributed by atoms with Gasteiger partial charge in [-0.1, -0.05) is 22.9 Å². The standard InChI is InChI=1S/C11H13BrN2O3/c1-2-9(7-12)13-11(15)8-3-5-10(6-4-8)14(16)17/h3-6,9H,2,7H2,1H3,(H,13,15). The summed E-state index contributed by atoms with van der Waals surface area (Å²) < 4.78 is 0. The van der Waals surface area contributed by atoms with Gasteiger partial charge in [0.05, 0.1) is 4.92 Å². The van der Waals surface area contributed by atoms with E-state index in [1.165, 1.54) is 24.3 Å². The van der Waals surface area contributed by atoms with Crippen LogP contribution in [0.2, 0.25) is 0 Å². The summed E-state index contributed by atoms with van der Waals surface area (Å²) in [5.74, 6) is -0.216. The Balaban J connectivity index is 2.73. The number of benzene rings is 1. The fourth-order valence-corrected chi connectivity index (χ4v) is 1.87. The van der Waals surface area contributed by atoms with E-state index in [2.05, 4.69) is 21.2 Å². The van der Waals surface area contributed by atoms with Gasteiger partial charge < -0.3 is 5.32 Å². The van der Waals surface area contributed by atoms with Crippen molar-refractivity contribution in [1.82, 2.24) is 5.32 Å². The van der Waals surface area contributed by atoms with Crippen LogP contribution >= 0.6 is 15.9 Å². The lowest BCUT2D eigenvalue weighted by Crippen LogP contribution is -2.35. The molecule has 0 bridgehead atoms. The van der Waals surface area contributed by atoms with Gasteiger partial charge >= 0.3 is 0 Å². The van der Waals surface area contributed by atoms with Gasteiger partial charge in [-0.3, -0.25) is 14.9 Å². The van der Waals surface area contributed by atoms with E-state index in [4.69, 9.17) is 0 Å². The van der Waals surface area contributed by atoms with E-state index < -0.39 is 4.92 Å². The number of carbonyl (C=O) groups is 1. The van der Waals surface area contributed by atoms with Gasteiger partial charge in [-0.15, -0.1) is 0 Å². The van der Waals surface area contributed by atoms with Crippen LogP contribution < -0.4 is 5.32 Å². The molecule has 1 amide bonds. The zero-order chi connectivity index (χ0) is 12.8. The number of hydrogen-bond acceptors (Lipinski definition) is 3. The molecule has 1 rings (SSSR count). The minimum absolute atomic E-state index is 0.0194. The molecule has 6 heteroatoms. The molecule has 1 atom stereocenters. The molecule has 0 spiro atoms. The third kappa shape index (κ3) is 3.81. The topological polar surface area (TPSA) is 72.2 Å². The average Bonchev–Trinajstić information content (AvgIpc) is 2.35. The summed E-state index contributed by atoms with van der Waals surface area (Å²) in [6.45, 7) is 1.97. The zero-order valence-corrected chi connectivity index (χ0v) is 10.9. The fourth-order valence-electron chi connectivity index (χ4n) is 1.25. The van der Waals surface area contributed by atoms with E-state index in [9.17, 15) is 14.9 Å². The summed E-state index contributed by atoms with van der Waals surface area (Å²) in [7, 11) is 0. The Morgan fingerprint density at radius 1 is 1.47 bits per heavy atom. The van der Waals surface area contributed by atoms with Gasteiger partial charge in [0.2, 0.25) is 0 Å². The highest BCUT2D eigenvalue weighted by molar-refractivity contribution is 9.09. The van der Waals surface area contributed by atoms with Crippen LogP contribution in [-0.2, 0) is 0 Å². The second-order valence-electron chi connectivity index (χ2n) is 3.54. The third-order valence-electron chi connectivity index (χ3n) is 2.35. The summed E-state index contributed by atoms with van der Waals surface area (Å²) >= 11 is 3.30. The van der Waals surface area contributed by atoms with E-state index in [0.29, 0.717) is 10.9 Å². The molecule has 0 radical (unpaired) electrons. The molecule has 92 valence electrons. The second-order valence-corrected chi connectivity index (χ2v) is 4.18. The molecule has 0 saturated heterocycles. The SMILES string of the molecule is CCC(CBr)NC(=O)c1ccc([N+](=O)[O-])cc1. The number of amides is 1. The number of non-ortho nitro benzene ring substituents is 1. The third-order valence-corrected chi connectivity index (χ3v) is 3.14. The Hall–Kier alpha value is -1.43. The van der Waals surface area contributed by atoms with Gasteiger partial charge in [0, 0.05) is 29.1 Å². The molecule has 17 heavy (non-hydrogen) atoms. The molecule has 0 fully saturated rings. The Labute approximate surface area is 107 Å². The first-order chi connectivity index (χ1) is 8.08. The molecule has 0 aliphatic heterocycles. The molecular weight excluding hydrogens is 288 g/mol. The predicted octanol–water partition coefficient (Wildman–Crippen LogP) is 2.50. The molecule has 1 N–H and O–H groups in total. The summed E-state index contributed by atoms with van der Waals surface area (Å²) in [6.07, 6.45) is 0.823. The van der Waals surface area contributed by atoms with Crippen LogP contribution in [0.25, 0.3) is 0 Å². The molecule has 0 saturated carbocycles. The molecule has 1 aromatic rings. The van der Waals surface area contributed by atoms with Gasteiger partial charge in [0.25, 0.3) is 11.6 Å². The van der Waals surface area contributed by atoms with Crippen LogP contribution in [0.3, 0.4) is 0 Å². The fraction of sp³-hybridized carbons (Fsp3) is 0.364. The van der Waals surface area contributed by atoms with Gasteiger partial charge in [-0.2, -0.15) is 0 Å². The Morgan fingerprint density at radius 2 is 2.06 bits per heavy atom. The van der Waals surface area contributed by atoms with Gasteiger partial charge in [-0.05, 0) is 18.6 Å². The number of rotatable bonds is 5. The normalized spacial score (nSPS) is 11.9. The van der Waals surface area contributed by atoms with E-state index in [1.807, 2.05) is 6.92 Å². The molecule has 1 unspecified atom stereocenters. The van der Waals surface area contributed by atoms with Crippen molar-refractivity contribution in [2.24, 2.45) is 0 Å². The van der Waals surface area contributed by atoms with Crippen molar-refractivity contribution in [3.05, 3.63) is 39.9 Å². The Morgan fingerprint density at radius 3 is 2.47 bits per heavy atom. The zero-order valence-electron chi connectivity index (χ0n) is 9.35. The van der Waals surface area contributed by atoms with Crippen LogP contribution in [-0.4, -0.2) is 22.2 Å². The molecule has 5 nitrogen and oxygen atoms in total. The highest BCUT2D eigenvalue weighted by Crippen LogP contribution is 2.12. The first-order valence-corrected chi connectivity index (χ1v) is 6.32. The lowest BCUT2D eigenvalue weighted by Gasteiger charge is -2.13. The van der Waals surface area contributed by atoms with Crippen molar-refractivity contribution in [2.75, 3.05) is 5.33 Å². The monoisotopic (exact) mass is 300 g/mol. The average molecular weight is 301 g/mol. The van der Waals surface area contributed by atoms with Gasteiger partial charge in [0.15, 0.2) is 0 Å². The molecule has 0 heterocycles. The lowest BCUT2D eigenvalue weighted by atomic mass is 10.1. The van der Waals surface area contributed by atoms with Crippen molar-refractivity contribution in [2.45, 2.75) is 19.4 Å². The van der Waals surface area contributed by atoms with Gasteiger partial charge in [-0.25, -0.2) is 0 Å². The molecule has 1 aromatic carbocycles. The maximum Gasteiger partial charge on any atom is 0.269 e. The van der Waals surface area contributed by atoms with E-state index in [-0.39, 0.29) is 17.6 Å². The Bertz CT molecular complexity index is 402. The largest absolute Gasteiger partial charge is 0.348 e. The molecule has 0 aliphatic rings. The van der Waals surface area contributed by atoms with Crippen molar-refractivity contribution in [1.29, 1.82) is 0 Å². The number of nitro benzene ring substituents is 1. The van der Waals surface area contributed by atoms with E-state index in [1.54, 1.807) is 0 Å². The maximum absolute atomic E-state index is 11.8. The van der Waals surface area contributed by atoms with Crippen molar-refractivity contribution in [3.8, 4) is 0 Å². The number of nitrogens with one attached hydrogen (secondary N) is 1. The van der Waals surface area contributed by atoms with Crippen molar-refractivity contribution >= 4 is 27.5 Å². The van der Waals surface area contributed by atoms with Gasteiger partial charge in [0.1, 0.15) is 0 Å². The smallest absolute Gasteiger partial charge is 0.269 e. The first-order valence-electron chi connectivity index (χ1n) is 5.19. The number of carbonyl (C=O) groups excluding carboxylic acids is 1. The molecular formula is C11H13BrN2O3. The molecule has 0 aromatic heterocycles.